The third-order valence-corrected chi connectivity index (χ3v) is 8.95. The lowest BCUT2D eigenvalue weighted by atomic mass is 10.1. The number of hydrogen-bond acceptors (Lipinski definition) is 7. The average Bonchev–Trinajstić information content (AvgIpc) is 3.02. The zero-order chi connectivity index (χ0) is 35.8. The van der Waals surface area contributed by atoms with Gasteiger partial charge in [0.15, 0.2) is 6.10 Å². The molecule has 0 aliphatic carbocycles. The van der Waals surface area contributed by atoms with Gasteiger partial charge in [-0.15, -0.1) is 0 Å². The third-order valence-electron chi connectivity index (χ3n) is 7.97. The van der Waals surface area contributed by atoms with Crippen LogP contribution in [0.1, 0.15) is 155 Å². The zero-order valence-corrected chi connectivity index (χ0v) is 32.4. The highest BCUT2D eigenvalue weighted by Gasteiger charge is 2.27. The van der Waals surface area contributed by atoms with Crippen LogP contribution in [0.3, 0.4) is 0 Å². The van der Waals surface area contributed by atoms with E-state index >= 15 is 0 Å². The highest BCUT2D eigenvalue weighted by Crippen LogP contribution is 2.43. The SMILES string of the molecule is CC/C=C\CCCCCCCC(=O)OC[C@H](COP(=O)(O)OCC[N+](C)(C)C)OC(=O)CCCCCCC/C=C\CCCCCCCC. The second-order valence-corrected chi connectivity index (χ2v) is 15.4. The van der Waals surface area contributed by atoms with Crippen LogP contribution in [-0.2, 0) is 32.7 Å². The number of allylic oxidation sites excluding steroid dienone is 4. The molecule has 0 aliphatic rings. The summed E-state index contributed by atoms with van der Waals surface area (Å²) in [5.74, 6) is -0.824. The minimum absolute atomic E-state index is 0.0294. The highest BCUT2D eigenvalue weighted by molar-refractivity contribution is 7.47. The van der Waals surface area contributed by atoms with Crippen molar-refractivity contribution in [3.8, 4) is 0 Å². The smallest absolute Gasteiger partial charge is 0.462 e. The summed E-state index contributed by atoms with van der Waals surface area (Å²) >= 11 is 0. The van der Waals surface area contributed by atoms with Crippen LogP contribution < -0.4 is 0 Å². The maximum Gasteiger partial charge on any atom is 0.472 e. The van der Waals surface area contributed by atoms with Crippen LogP contribution in [0, 0.1) is 0 Å². The lowest BCUT2D eigenvalue weighted by molar-refractivity contribution is -0.870. The van der Waals surface area contributed by atoms with Gasteiger partial charge in [-0.1, -0.05) is 109 Å². The third kappa shape index (κ3) is 34.4. The summed E-state index contributed by atoms with van der Waals surface area (Å²) in [6.07, 6.45) is 30.9. The van der Waals surface area contributed by atoms with Gasteiger partial charge in [-0.05, 0) is 57.8 Å². The summed E-state index contributed by atoms with van der Waals surface area (Å²) in [6.45, 7) is 4.27. The van der Waals surface area contributed by atoms with E-state index < -0.39 is 26.5 Å². The van der Waals surface area contributed by atoms with E-state index in [4.69, 9.17) is 18.5 Å². The fraction of sp³-hybridized carbons (Fsp3) is 0.842. The molecule has 0 saturated heterocycles. The molecule has 0 bridgehead atoms. The van der Waals surface area contributed by atoms with Crippen molar-refractivity contribution < 1.29 is 42.1 Å². The normalized spacial score (nSPS) is 14.0. The Morgan fingerprint density at radius 2 is 1.12 bits per heavy atom. The van der Waals surface area contributed by atoms with E-state index in [0.29, 0.717) is 17.4 Å². The molecule has 0 aromatic heterocycles. The van der Waals surface area contributed by atoms with Crippen LogP contribution in [0.25, 0.3) is 0 Å². The summed E-state index contributed by atoms with van der Waals surface area (Å²) in [5.41, 5.74) is 0. The Balaban J connectivity index is 4.44. The van der Waals surface area contributed by atoms with E-state index in [9.17, 15) is 19.0 Å². The van der Waals surface area contributed by atoms with Crippen molar-refractivity contribution in [2.24, 2.45) is 0 Å². The van der Waals surface area contributed by atoms with Gasteiger partial charge >= 0.3 is 19.8 Å². The van der Waals surface area contributed by atoms with Crippen molar-refractivity contribution in [1.82, 2.24) is 0 Å². The molecule has 0 radical (unpaired) electrons. The Hall–Kier alpha value is -1.51. The first-order chi connectivity index (χ1) is 23.0. The number of rotatable bonds is 34. The number of phosphoric ester groups is 1. The molecule has 0 aromatic rings. The molecule has 282 valence electrons. The maximum absolute atomic E-state index is 12.6. The molecule has 2 atom stereocenters. The lowest BCUT2D eigenvalue weighted by Crippen LogP contribution is -2.37. The number of unbranched alkanes of at least 4 members (excludes halogenated alkanes) is 16. The fourth-order valence-corrected chi connectivity index (χ4v) is 5.69. The molecule has 1 N–H and O–H groups in total. The van der Waals surface area contributed by atoms with Crippen molar-refractivity contribution in [2.75, 3.05) is 47.5 Å². The van der Waals surface area contributed by atoms with Crippen molar-refractivity contribution in [3.63, 3.8) is 0 Å². The first-order valence-corrected chi connectivity index (χ1v) is 20.6. The molecule has 48 heavy (non-hydrogen) atoms. The molecule has 0 rings (SSSR count). The molecular formula is C38H73NO8P+. The Labute approximate surface area is 294 Å². The minimum Gasteiger partial charge on any atom is -0.462 e. The highest BCUT2D eigenvalue weighted by atomic mass is 31.2. The summed E-state index contributed by atoms with van der Waals surface area (Å²) in [6, 6.07) is 0. The first kappa shape index (κ1) is 46.5. The van der Waals surface area contributed by atoms with Gasteiger partial charge in [0.25, 0.3) is 0 Å². The van der Waals surface area contributed by atoms with Gasteiger partial charge < -0.3 is 18.9 Å². The molecule has 1 unspecified atom stereocenters. The Morgan fingerprint density at radius 3 is 1.65 bits per heavy atom. The van der Waals surface area contributed by atoms with Crippen molar-refractivity contribution >= 4 is 19.8 Å². The molecule has 10 heteroatoms. The standard InChI is InChI=1S/C38H72NO8P/c1-6-8-10-12-14-16-17-18-19-20-21-23-25-27-29-31-38(41)47-36(35-46-48(42,43)45-33-32-39(3,4)5)34-44-37(40)30-28-26-24-22-15-13-11-9-7-2/h9,11,18-19,36H,6-8,10,12-17,20-35H2,1-5H3/p+1/b11-9-,19-18-/t36-/m1/s1. The molecule has 0 aliphatic heterocycles. The number of nitrogens with zero attached hydrogens (tertiary/aromatic N) is 1. The summed E-state index contributed by atoms with van der Waals surface area (Å²) in [5, 5.41) is 0. The largest absolute Gasteiger partial charge is 0.472 e. The van der Waals surface area contributed by atoms with Crippen LogP contribution in [0.2, 0.25) is 0 Å². The predicted molar refractivity (Wildman–Crippen MR) is 197 cm³/mol. The second-order valence-electron chi connectivity index (χ2n) is 13.9. The molecule has 0 amide bonds. The van der Waals surface area contributed by atoms with Crippen molar-refractivity contribution in [3.05, 3.63) is 24.3 Å². The fourth-order valence-electron chi connectivity index (χ4n) is 4.95. The van der Waals surface area contributed by atoms with Gasteiger partial charge in [0.1, 0.15) is 19.8 Å². The monoisotopic (exact) mass is 703 g/mol. The summed E-state index contributed by atoms with van der Waals surface area (Å²) in [7, 11) is 1.46. The van der Waals surface area contributed by atoms with Gasteiger partial charge in [0.2, 0.25) is 0 Å². The molecule has 0 aromatic carbocycles. The number of carbonyl (C=O) groups is 2. The molecule has 0 heterocycles. The van der Waals surface area contributed by atoms with E-state index in [2.05, 4.69) is 38.2 Å². The number of ether oxygens (including phenoxy) is 2. The van der Waals surface area contributed by atoms with E-state index in [1.54, 1.807) is 0 Å². The van der Waals surface area contributed by atoms with E-state index in [-0.39, 0.29) is 32.0 Å². The van der Waals surface area contributed by atoms with E-state index in [0.717, 1.165) is 77.0 Å². The molecule has 0 saturated carbocycles. The minimum atomic E-state index is -4.37. The van der Waals surface area contributed by atoms with Crippen molar-refractivity contribution in [1.29, 1.82) is 0 Å². The van der Waals surface area contributed by atoms with E-state index in [1.165, 1.54) is 44.9 Å². The number of hydrogen-bond donors (Lipinski definition) is 1. The van der Waals surface area contributed by atoms with Gasteiger partial charge in [-0.2, -0.15) is 0 Å². The van der Waals surface area contributed by atoms with Crippen LogP contribution in [0.15, 0.2) is 24.3 Å². The molecule has 0 fully saturated rings. The quantitative estimate of drug-likeness (QED) is 0.0232. The summed E-state index contributed by atoms with van der Waals surface area (Å²) in [4.78, 5) is 35.1. The van der Waals surface area contributed by atoms with Crippen LogP contribution >= 0.6 is 7.82 Å². The lowest BCUT2D eigenvalue weighted by Gasteiger charge is -2.24. The van der Waals surface area contributed by atoms with Gasteiger partial charge in [-0.3, -0.25) is 18.6 Å². The zero-order valence-electron chi connectivity index (χ0n) is 31.5. The number of likely N-dealkylation sites (N-methyl/N-ethyl adjacent to an activating group) is 1. The van der Waals surface area contributed by atoms with Crippen molar-refractivity contribution in [2.45, 2.75) is 161 Å². The average molecular weight is 703 g/mol. The first-order valence-electron chi connectivity index (χ1n) is 19.1. The molecule has 0 spiro atoms. The topological polar surface area (TPSA) is 108 Å². The molecule has 9 nitrogen and oxygen atoms in total. The van der Waals surface area contributed by atoms with Crippen LogP contribution in [0.4, 0.5) is 0 Å². The Morgan fingerprint density at radius 1 is 0.646 bits per heavy atom. The van der Waals surface area contributed by atoms with Gasteiger partial charge in [-0.25, -0.2) is 4.57 Å². The summed E-state index contributed by atoms with van der Waals surface area (Å²) < 4.78 is 34.1. The molecular weight excluding hydrogens is 629 g/mol. The maximum atomic E-state index is 12.6. The Bertz CT molecular complexity index is 886. The van der Waals surface area contributed by atoms with Gasteiger partial charge in [0, 0.05) is 12.8 Å². The Kier molecular flexibility index (Phi) is 30.5. The second kappa shape index (κ2) is 31.5. The number of carbonyl (C=O) groups excluding carboxylic acids is 2. The van der Waals surface area contributed by atoms with Crippen LogP contribution in [-0.4, -0.2) is 74.9 Å². The number of quaternary nitrogens is 1. The number of phosphoric acid groups is 1. The number of esters is 2. The van der Waals surface area contributed by atoms with Gasteiger partial charge in [0.05, 0.1) is 27.7 Å². The van der Waals surface area contributed by atoms with E-state index in [1.807, 2.05) is 21.1 Å². The predicted octanol–water partition coefficient (Wildman–Crippen LogP) is 10.0. The van der Waals surface area contributed by atoms with Crippen LogP contribution in [0.5, 0.6) is 0 Å².